The van der Waals surface area contributed by atoms with Crippen LogP contribution < -0.4 is 10.6 Å². The number of nitrogens with one attached hydrogen (secondary N) is 2. The van der Waals surface area contributed by atoms with Gasteiger partial charge >= 0.3 is 0 Å². The summed E-state index contributed by atoms with van der Waals surface area (Å²) in [6.45, 7) is 8.32. The van der Waals surface area contributed by atoms with E-state index in [0.717, 1.165) is 69.1 Å². The molecule has 6 heteroatoms. The van der Waals surface area contributed by atoms with Gasteiger partial charge in [0.2, 0.25) is 5.91 Å². The third-order valence-corrected chi connectivity index (χ3v) is 5.56. The fourth-order valence-electron chi connectivity index (χ4n) is 3.72. The van der Waals surface area contributed by atoms with Crippen molar-refractivity contribution in [2.24, 2.45) is 10.9 Å². The highest BCUT2D eigenvalue weighted by molar-refractivity contribution is 5.93. The molecule has 0 atom stereocenters. The van der Waals surface area contributed by atoms with Crippen molar-refractivity contribution in [3.05, 3.63) is 29.8 Å². The molecule has 2 fully saturated rings. The predicted molar refractivity (Wildman–Crippen MR) is 113 cm³/mol. The van der Waals surface area contributed by atoms with Gasteiger partial charge in [0.05, 0.1) is 12.6 Å². The first kappa shape index (κ1) is 20.6. The largest absolute Gasteiger partial charge is 0.378 e. The van der Waals surface area contributed by atoms with Crippen molar-refractivity contribution < 1.29 is 9.53 Å². The summed E-state index contributed by atoms with van der Waals surface area (Å²) in [6.07, 6.45) is 5.66. The number of amides is 1. The SMILES string of the molecule is CCNC(=NCc1cccc(NC(=O)C2CCC2)c1)N1CCC(OCC)CC1. The molecule has 154 valence electrons. The summed E-state index contributed by atoms with van der Waals surface area (Å²) in [5.41, 5.74) is 1.97. The summed E-state index contributed by atoms with van der Waals surface area (Å²) < 4.78 is 5.75. The van der Waals surface area contributed by atoms with Gasteiger partial charge in [0.15, 0.2) is 5.96 Å². The Morgan fingerprint density at radius 3 is 2.64 bits per heavy atom. The number of guanidine groups is 1. The number of piperidine rings is 1. The number of hydrogen-bond acceptors (Lipinski definition) is 3. The van der Waals surface area contributed by atoms with Crippen LogP contribution in [0.25, 0.3) is 0 Å². The second kappa shape index (κ2) is 10.5. The minimum Gasteiger partial charge on any atom is -0.378 e. The minimum atomic E-state index is 0.150. The van der Waals surface area contributed by atoms with Crippen LogP contribution >= 0.6 is 0 Å². The quantitative estimate of drug-likeness (QED) is 0.557. The average Bonchev–Trinajstić information content (AvgIpc) is 2.65. The number of hydrogen-bond donors (Lipinski definition) is 2. The van der Waals surface area contributed by atoms with Gasteiger partial charge in [-0.1, -0.05) is 18.6 Å². The molecule has 1 saturated heterocycles. The Kier molecular flexibility index (Phi) is 7.71. The van der Waals surface area contributed by atoms with E-state index in [1.54, 1.807) is 0 Å². The molecule has 2 aliphatic rings. The van der Waals surface area contributed by atoms with Crippen LogP contribution in [0.1, 0.15) is 51.5 Å². The fourth-order valence-corrected chi connectivity index (χ4v) is 3.72. The normalized spacial score (nSPS) is 18.6. The first-order valence-corrected chi connectivity index (χ1v) is 10.7. The Morgan fingerprint density at radius 1 is 1.21 bits per heavy atom. The van der Waals surface area contributed by atoms with Crippen molar-refractivity contribution >= 4 is 17.6 Å². The van der Waals surface area contributed by atoms with Crippen molar-refractivity contribution in [3.63, 3.8) is 0 Å². The number of rotatable bonds is 7. The Morgan fingerprint density at radius 2 is 2.00 bits per heavy atom. The molecule has 28 heavy (non-hydrogen) atoms. The third kappa shape index (κ3) is 5.71. The summed E-state index contributed by atoms with van der Waals surface area (Å²) in [4.78, 5) is 19.3. The molecule has 3 rings (SSSR count). The number of ether oxygens (including phenoxy) is 1. The lowest BCUT2D eigenvalue weighted by Crippen LogP contribution is -2.47. The number of likely N-dealkylation sites (tertiary alicyclic amines) is 1. The number of benzene rings is 1. The second-order valence-corrected chi connectivity index (χ2v) is 7.63. The van der Waals surface area contributed by atoms with Crippen molar-refractivity contribution in [1.82, 2.24) is 10.2 Å². The monoisotopic (exact) mass is 386 g/mol. The molecule has 0 aromatic heterocycles. The van der Waals surface area contributed by atoms with E-state index in [1.165, 1.54) is 6.42 Å². The topological polar surface area (TPSA) is 66.0 Å². The van der Waals surface area contributed by atoms with E-state index in [1.807, 2.05) is 18.2 Å². The maximum Gasteiger partial charge on any atom is 0.227 e. The van der Waals surface area contributed by atoms with Gasteiger partial charge in [0.1, 0.15) is 0 Å². The van der Waals surface area contributed by atoms with Gasteiger partial charge in [-0.05, 0) is 57.2 Å². The molecule has 1 aliphatic heterocycles. The Balaban J connectivity index is 1.58. The van der Waals surface area contributed by atoms with Crippen LogP contribution in [0.5, 0.6) is 0 Å². The van der Waals surface area contributed by atoms with Crippen molar-refractivity contribution in [2.75, 3.05) is 31.6 Å². The van der Waals surface area contributed by atoms with E-state index in [0.29, 0.717) is 12.6 Å². The zero-order chi connectivity index (χ0) is 19.8. The highest BCUT2D eigenvalue weighted by Gasteiger charge is 2.25. The van der Waals surface area contributed by atoms with Crippen molar-refractivity contribution in [2.45, 2.75) is 58.6 Å². The average molecular weight is 387 g/mol. The Bertz CT molecular complexity index is 664. The number of carbonyl (C=O) groups excluding carboxylic acids is 1. The summed E-state index contributed by atoms with van der Waals surface area (Å²) in [5.74, 6) is 1.31. The second-order valence-electron chi connectivity index (χ2n) is 7.63. The van der Waals surface area contributed by atoms with Crippen LogP contribution in [0.15, 0.2) is 29.3 Å². The van der Waals surface area contributed by atoms with E-state index < -0.39 is 0 Å². The lowest BCUT2D eigenvalue weighted by atomic mass is 9.85. The number of anilines is 1. The molecular formula is C22H34N4O2. The van der Waals surface area contributed by atoms with E-state index in [-0.39, 0.29) is 11.8 Å². The number of nitrogens with zero attached hydrogens (tertiary/aromatic N) is 2. The van der Waals surface area contributed by atoms with E-state index in [2.05, 4.69) is 35.4 Å². The molecule has 0 bridgehead atoms. The highest BCUT2D eigenvalue weighted by atomic mass is 16.5. The molecule has 1 aliphatic carbocycles. The van der Waals surface area contributed by atoms with Crippen LogP contribution in [-0.2, 0) is 16.1 Å². The minimum absolute atomic E-state index is 0.150. The van der Waals surface area contributed by atoms with Gasteiger partial charge in [0, 0.05) is 37.8 Å². The lowest BCUT2D eigenvalue weighted by Gasteiger charge is -2.34. The zero-order valence-electron chi connectivity index (χ0n) is 17.2. The van der Waals surface area contributed by atoms with Crippen LogP contribution in [0, 0.1) is 5.92 Å². The van der Waals surface area contributed by atoms with Crippen LogP contribution in [0.3, 0.4) is 0 Å². The van der Waals surface area contributed by atoms with Gasteiger partial charge in [0.25, 0.3) is 0 Å². The van der Waals surface area contributed by atoms with Crippen molar-refractivity contribution in [3.8, 4) is 0 Å². The molecule has 1 aromatic carbocycles. The standard InChI is InChI=1S/C22H34N4O2/c1-3-23-22(26-13-11-20(12-14-26)28-4-2)24-16-17-7-5-10-19(15-17)25-21(27)18-8-6-9-18/h5,7,10,15,18,20H,3-4,6,8-9,11-14,16H2,1-2H3,(H,23,24)(H,25,27). The van der Waals surface area contributed by atoms with Gasteiger partial charge < -0.3 is 20.3 Å². The van der Waals surface area contributed by atoms with E-state index >= 15 is 0 Å². The molecule has 1 aromatic rings. The van der Waals surface area contributed by atoms with Gasteiger partial charge in [-0.3, -0.25) is 4.79 Å². The van der Waals surface area contributed by atoms with E-state index in [9.17, 15) is 4.79 Å². The fraction of sp³-hybridized carbons (Fsp3) is 0.636. The maximum absolute atomic E-state index is 12.2. The Labute approximate surface area is 168 Å². The van der Waals surface area contributed by atoms with Gasteiger partial charge in [-0.15, -0.1) is 0 Å². The third-order valence-electron chi connectivity index (χ3n) is 5.56. The molecule has 6 nitrogen and oxygen atoms in total. The van der Waals surface area contributed by atoms with E-state index in [4.69, 9.17) is 9.73 Å². The molecule has 1 saturated carbocycles. The number of aliphatic imine (C=N–C) groups is 1. The molecular weight excluding hydrogens is 352 g/mol. The molecule has 1 amide bonds. The number of carbonyl (C=O) groups is 1. The first-order chi connectivity index (χ1) is 13.7. The molecule has 2 N–H and O–H groups in total. The summed E-state index contributed by atoms with van der Waals surface area (Å²) in [7, 11) is 0. The Hall–Kier alpha value is -2.08. The van der Waals surface area contributed by atoms with Crippen LogP contribution in [0.4, 0.5) is 5.69 Å². The molecule has 0 radical (unpaired) electrons. The highest BCUT2D eigenvalue weighted by Crippen LogP contribution is 2.27. The van der Waals surface area contributed by atoms with Gasteiger partial charge in [-0.25, -0.2) is 4.99 Å². The molecule has 1 heterocycles. The first-order valence-electron chi connectivity index (χ1n) is 10.7. The summed E-state index contributed by atoms with van der Waals surface area (Å²) in [5, 5.41) is 6.46. The predicted octanol–water partition coefficient (Wildman–Crippen LogP) is 3.39. The van der Waals surface area contributed by atoms with Gasteiger partial charge in [-0.2, -0.15) is 0 Å². The van der Waals surface area contributed by atoms with Crippen molar-refractivity contribution in [1.29, 1.82) is 0 Å². The summed E-state index contributed by atoms with van der Waals surface area (Å²) in [6, 6.07) is 8.04. The zero-order valence-corrected chi connectivity index (χ0v) is 17.2. The summed E-state index contributed by atoms with van der Waals surface area (Å²) >= 11 is 0. The van der Waals surface area contributed by atoms with Crippen LogP contribution in [-0.4, -0.2) is 49.1 Å². The maximum atomic E-state index is 12.2. The molecule has 0 unspecified atom stereocenters. The molecule has 0 spiro atoms. The van der Waals surface area contributed by atoms with Crippen LogP contribution in [0.2, 0.25) is 0 Å². The lowest BCUT2D eigenvalue weighted by molar-refractivity contribution is -0.122. The smallest absolute Gasteiger partial charge is 0.227 e.